The van der Waals surface area contributed by atoms with Gasteiger partial charge in [-0.05, 0) is 37.1 Å². The molecule has 2 aromatic carbocycles. The number of carbonyl (C=O) groups is 2. The maximum Gasteiger partial charge on any atom is 0.317 e. The van der Waals surface area contributed by atoms with Crippen molar-refractivity contribution in [3.63, 3.8) is 0 Å². The van der Waals surface area contributed by atoms with Gasteiger partial charge in [-0.25, -0.2) is 4.79 Å². The summed E-state index contributed by atoms with van der Waals surface area (Å²) in [6.07, 6.45) is 6.69. The van der Waals surface area contributed by atoms with E-state index in [1.54, 1.807) is 11.9 Å². The van der Waals surface area contributed by atoms with E-state index in [1.807, 2.05) is 48.5 Å². The van der Waals surface area contributed by atoms with Gasteiger partial charge in [0.25, 0.3) is 0 Å². The molecular formula is C26H36N4O2. The van der Waals surface area contributed by atoms with Crippen molar-refractivity contribution >= 4 is 17.6 Å². The molecule has 3 amide bonds. The molecule has 0 aromatic heterocycles. The van der Waals surface area contributed by atoms with Crippen LogP contribution in [0, 0.1) is 0 Å². The molecule has 1 saturated carbocycles. The summed E-state index contributed by atoms with van der Waals surface area (Å²) in [6, 6.07) is 18.3. The van der Waals surface area contributed by atoms with E-state index in [0.29, 0.717) is 19.1 Å². The lowest BCUT2D eigenvalue weighted by atomic mass is 9.94. The average Bonchev–Trinajstić information content (AvgIpc) is 2.81. The van der Waals surface area contributed by atoms with Crippen LogP contribution in [0.4, 0.5) is 10.5 Å². The summed E-state index contributed by atoms with van der Waals surface area (Å²) in [5.74, 6) is -0.0937. The molecule has 0 saturated heterocycles. The smallest absolute Gasteiger partial charge is 0.317 e. The van der Waals surface area contributed by atoms with Crippen molar-refractivity contribution in [2.24, 2.45) is 0 Å². The Kier molecular flexibility index (Phi) is 9.11. The zero-order chi connectivity index (χ0) is 22.8. The minimum Gasteiger partial charge on any atom is -0.337 e. The first kappa shape index (κ1) is 23.8. The molecule has 0 atom stereocenters. The molecule has 2 N–H and O–H groups in total. The van der Waals surface area contributed by atoms with Gasteiger partial charge in [0.15, 0.2) is 0 Å². The van der Waals surface area contributed by atoms with E-state index < -0.39 is 0 Å². The van der Waals surface area contributed by atoms with Crippen LogP contribution in [0.25, 0.3) is 0 Å². The number of nitrogens with zero attached hydrogens (tertiary/aromatic N) is 2. The number of carbonyl (C=O) groups excluding carboxylic acids is 2. The number of hydrogen-bond acceptors (Lipinski definition) is 3. The van der Waals surface area contributed by atoms with E-state index in [2.05, 4.69) is 28.6 Å². The van der Waals surface area contributed by atoms with Crippen LogP contribution >= 0.6 is 0 Å². The SMILES string of the molecule is CN(Cc1ccccc1)C(=O)NCCC(=O)Nc1ccccc1CN(C)C1CCCCC1. The number of nitrogens with one attached hydrogen (secondary N) is 2. The largest absolute Gasteiger partial charge is 0.337 e. The Morgan fingerprint density at radius 3 is 2.34 bits per heavy atom. The van der Waals surface area contributed by atoms with Gasteiger partial charge in [-0.3, -0.25) is 9.69 Å². The lowest BCUT2D eigenvalue weighted by Crippen LogP contribution is -2.38. The fourth-order valence-electron chi connectivity index (χ4n) is 4.26. The second-order valence-corrected chi connectivity index (χ2v) is 8.74. The Bertz CT molecular complexity index is 865. The number of para-hydroxylation sites is 1. The van der Waals surface area contributed by atoms with Gasteiger partial charge in [0.1, 0.15) is 0 Å². The van der Waals surface area contributed by atoms with Crippen molar-refractivity contribution in [1.29, 1.82) is 0 Å². The fraction of sp³-hybridized carbons (Fsp3) is 0.462. The van der Waals surface area contributed by atoms with Gasteiger partial charge in [-0.2, -0.15) is 0 Å². The Morgan fingerprint density at radius 2 is 1.59 bits per heavy atom. The third-order valence-corrected chi connectivity index (χ3v) is 6.15. The van der Waals surface area contributed by atoms with Crippen LogP contribution in [-0.2, 0) is 17.9 Å². The highest BCUT2D eigenvalue weighted by Gasteiger charge is 2.19. The maximum atomic E-state index is 12.5. The van der Waals surface area contributed by atoms with Crippen LogP contribution < -0.4 is 10.6 Å². The van der Waals surface area contributed by atoms with Gasteiger partial charge >= 0.3 is 6.03 Å². The summed E-state index contributed by atoms with van der Waals surface area (Å²) in [5, 5.41) is 5.86. The van der Waals surface area contributed by atoms with Crippen molar-refractivity contribution in [3.05, 3.63) is 65.7 Å². The molecule has 172 valence electrons. The van der Waals surface area contributed by atoms with Crippen molar-refractivity contribution < 1.29 is 9.59 Å². The topological polar surface area (TPSA) is 64.7 Å². The first-order chi connectivity index (χ1) is 15.5. The molecule has 1 aliphatic carbocycles. The van der Waals surface area contributed by atoms with E-state index in [-0.39, 0.29) is 18.4 Å². The molecule has 0 unspecified atom stereocenters. The minimum absolute atomic E-state index is 0.0937. The van der Waals surface area contributed by atoms with Crippen LogP contribution in [0.3, 0.4) is 0 Å². The van der Waals surface area contributed by atoms with Crippen LogP contribution in [0.5, 0.6) is 0 Å². The fourth-order valence-corrected chi connectivity index (χ4v) is 4.26. The summed E-state index contributed by atoms with van der Waals surface area (Å²) in [7, 11) is 3.93. The molecule has 6 heteroatoms. The predicted octanol–water partition coefficient (Wildman–Crippen LogP) is 4.62. The Morgan fingerprint density at radius 1 is 0.906 bits per heavy atom. The molecule has 0 radical (unpaired) electrons. The van der Waals surface area contributed by atoms with E-state index in [1.165, 1.54) is 32.1 Å². The first-order valence-corrected chi connectivity index (χ1v) is 11.6. The van der Waals surface area contributed by atoms with Gasteiger partial charge in [-0.1, -0.05) is 67.8 Å². The van der Waals surface area contributed by atoms with E-state index >= 15 is 0 Å². The number of amides is 3. The molecule has 0 spiro atoms. The van der Waals surface area contributed by atoms with Crippen molar-refractivity contribution in [2.45, 2.75) is 57.7 Å². The Labute approximate surface area is 192 Å². The Balaban J connectivity index is 1.44. The van der Waals surface area contributed by atoms with Crippen molar-refractivity contribution in [1.82, 2.24) is 15.1 Å². The molecule has 6 nitrogen and oxygen atoms in total. The summed E-state index contributed by atoms with van der Waals surface area (Å²) in [4.78, 5) is 28.8. The van der Waals surface area contributed by atoms with E-state index in [4.69, 9.17) is 0 Å². The van der Waals surface area contributed by atoms with Gasteiger partial charge in [0.05, 0.1) is 0 Å². The molecule has 1 aliphatic rings. The molecule has 2 aromatic rings. The molecular weight excluding hydrogens is 400 g/mol. The van der Waals surface area contributed by atoms with E-state index in [0.717, 1.165) is 23.4 Å². The zero-order valence-corrected chi connectivity index (χ0v) is 19.3. The standard InChI is InChI=1S/C26H36N4O2/c1-29(23-14-7-4-8-15-23)20-22-13-9-10-16-24(22)28-25(31)17-18-27-26(32)30(2)19-21-11-5-3-6-12-21/h3,5-6,9-13,16,23H,4,7-8,14-15,17-20H2,1-2H3,(H,27,32)(H,28,31). The van der Waals surface area contributed by atoms with Crippen molar-refractivity contribution in [2.75, 3.05) is 26.0 Å². The van der Waals surface area contributed by atoms with Crippen LogP contribution in [-0.4, -0.2) is 48.4 Å². The molecule has 0 aliphatic heterocycles. The molecule has 1 fully saturated rings. The number of anilines is 1. The number of benzene rings is 2. The Hall–Kier alpha value is -2.86. The lowest BCUT2D eigenvalue weighted by Gasteiger charge is -2.31. The summed E-state index contributed by atoms with van der Waals surface area (Å²) >= 11 is 0. The van der Waals surface area contributed by atoms with E-state index in [9.17, 15) is 9.59 Å². The number of hydrogen-bond donors (Lipinski definition) is 2. The second-order valence-electron chi connectivity index (χ2n) is 8.74. The third-order valence-electron chi connectivity index (χ3n) is 6.15. The van der Waals surface area contributed by atoms with Crippen molar-refractivity contribution in [3.8, 4) is 0 Å². The summed E-state index contributed by atoms with van der Waals surface area (Å²) in [5.41, 5.74) is 3.05. The highest BCUT2D eigenvalue weighted by atomic mass is 16.2. The van der Waals surface area contributed by atoms with Gasteiger partial charge < -0.3 is 15.5 Å². The molecule has 0 bridgehead atoms. The van der Waals surface area contributed by atoms with Crippen LogP contribution in [0.15, 0.2) is 54.6 Å². The maximum absolute atomic E-state index is 12.5. The number of urea groups is 1. The summed E-state index contributed by atoms with van der Waals surface area (Å²) in [6.45, 7) is 1.65. The minimum atomic E-state index is -0.184. The third kappa shape index (κ3) is 7.38. The second kappa shape index (κ2) is 12.2. The van der Waals surface area contributed by atoms with Gasteiger partial charge in [0.2, 0.25) is 5.91 Å². The highest BCUT2D eigenvalue weighted by molar-refractivity contribution is 5.91. The monoisotopic (exact) mass is 436 g/mol. The van der Waals surface area contributed by atoms with Crippen LogP contribution in [0.1, 0.15) is 49.7 Å². The molecule has 3 rings (SSSR count). The zero-order valence-electron chi connectivity index (χ0n) is 19.3. The predicted molar refractivity (Wildman–Crippen MR) is 129 cm³/mol. The lowest BCUT2D eigenvalue weighted by molar-refractivity contribution is -0.116. The van der Waals surface area contributed by atoms with Crippen LogP contribution in [0.2, 0.25) is 0 Å². The molecule has 0 heterocycles. The first-order valence-electron chi connectivity index (χ1n) is 11.6. The van der Waals surface area contributed by atoms with Gasteiger partial charge in [-0.15, -0.1) is 0 Å². The summed E-state index contributed by atoms with van der Waals surface area (Å²) < 4.78 is 0. The normalized spacial score (nSPS) is 14.2. The number of rotatable bonds is 9. The highest BCUT2D eigenvalue weighted by Crippen LogP contribution is 2.25. The average molecular weight is 437 g/mol. The quantitative estimate of drug-likeness (QED) is 0.603. The van der Waals surface area contributed by atoms with Gasteiger partial charge in [0, 0.05) is 44.8 Å². The molecule has 32 heavy (non-hydrogen) atoms.